The molecule has 3 N–H and O–H groups in total. The van der Waals surface area contributed by atoms with E-state index in [-0.39, 0.29) is 0 Å². The first-order chi connectivity index (χ1) is 9.74. The van der Waals surface area contributed by atoms with Gasteiger partial charge in [-0.25, -0.2) is 0 Å². The SMILES string of the molecule is Cc1cc2c(NCc3ccncc3)ccc(N)c2cn1. The Morgan fingerprint density at radius 1 is 1.10 bits per heavy atom. The number of benzene rings is 1. The van der Waals surface area contributed by atoms with Crippen molar-refractivity contribution in [3.63, 3.8) is 0 Å². The van der Waals surface area contributed by atoms with Crippen LogP contribution in [0.2, 0.25) is 0 Å². The standard InChI is InChI=1S/C16H16N4/c1-11-8-13-14(10-19-11)15(17)2-3-16(13)20-9-12-4-6-18-7-5-12/h2-8,10,20H,9,17H2,1H3. The number of aromatic nitrogens is 2. The monoisotopic (exact) mass is 264 g/mol. The lowest BCUT2D eigenvalue weighted by Crippen LogP contribution is -2.01. The van der Waals surface area contributed by atoms with Crippen molar-refractivity contribution in [3.8, 4) is 0 Å². The lowest BCUT2D eigenvalue weighted by molar-refractivity contribution is 1.13. The van der Waals surface area contributed by atoms with E-state index in [1.165, 1.54) is 5.56 Å². The van der Waals surface area contributed by atoms with Gasteiger partial charge in [0.05, 0.1) is 0 Å². The molecule has 0 aliphatic rings. The molecule has 1 aromatic carbocycles. The number of fused-ring (bicyclic) bond motifs is 1. The number of hydrogen-bond donors (Lipinski definition) is 2. The van der Waals surface area contributed by atoms with Crippen molar-refractivity contribution in [2.75, 3.05) is 11.1 Å². The Labute approximate surface area is 117 Å². The second kappa shape index (κ2) is 5.17. The Bertz CT molecular complexity index is 738. The average molecular weight is 264 g/mol. The second-order valence-corrected chi connectivity index (χ2v) is 4.78. The fourth-order valence-electron chi connectivity index (χ4n) is 2.22. The smallest absolute Gasteiger partial charge is 0.0425 e. The molecule has 0 spiro atoms. The fraction of sp³-hybridized carbons (Fsp3) is 0.125. The molecular formula is C16H16N4. The first-order valence-electron chi connectivity index (χ1n) is 6.51. The van der Waals surface area contributed by atoms with Crippen molar-refractivity contribution in [2.45, 2.75) is 13.5 Å². The van der Waals surface area contributed by atoms with Gasteiger partial charge in [-0.05, 0) is 42.8 Å². The van der Waals surface area contributed by atoms with E-state index in [9.17, 15) is 0 Å². The van der Waals surface area contributed by atoms with Crippen LogP contribution in [0.5, 0.6) is 0 Å². The molecule has 0 saturated carbocycles. The van der Waals surface area contributed by atoms with E-state index in [2.05, 4.69) is 21.4 Å². The maximum atomic E-state index is 6.01. The number of nitrogen functional groups attached to an aromatic ring is 1. The maximum Gasteiger partial charge on any atom is 0.0425 e. The summed E-state index contributed by atoms with van der Waals surface area (Å²) in [6.07, 6.45) is 5.43. The highest BCUT2D eigenvalue weighted by Gasteiger charge is 2.05. The molecule has 0 atom stereocenters. The minimum atomic E-state index is 0.752. The summed E-state index contributed by atoms with van der Waals surface area (Å²) in [4.78, 5) is 8.33. The molecule has 2 aromatic heterocycles. The maximum absolute atomic E-state index is 6.01. The van der Waals surface area contributed by atoms with Crippen molar-refractivity contribution < 1.29 is 0 Å². The lowest BCUT2D eigenvalue weighted by atomic mass is 10.1. The van der Waals surface area contributed by atoms with E-state index < -0.39 is 0 Å². The summed E-state index contributed by atoms with van der Waals surface area (Å²) >= 11 is 0. The summed E-state index contributed by atoms with van der Waals surface area (Å²) in [7, 11) is 0. The van der Waals surface area contributed by atoms with E-state index in [1.54, 1.807) is 12.4 Å². The Hall–Kier alpha value is -2.62. The van der Waals surface area contributed by atoms with Crippen LogP contribution in [-0.2, 0) is 6.54 Å². The van der Waals surface area contributed by atoms with Crippen molar-refractivity contribution in [1.82, 2.24) is 9.97 Å². The van der Waals surface area contributed by atoms with Gasteiger partial charge in [-0.3, -0.25) is 9.97 Å². The van der Waals surface area contributed by atoms with Crippen molar-refractivity contribution in [1.29, 1.82) is 0 Å². The van der Waals surface area contributed by atoms with E-state index >= 15 is 0 Å². The van der Waals surface area contributed by atoms with Crippen LogP contribution in [-0.4, -0.2) is 9.97 Å². The van der Waals surface area contributed by atoms with E-state index in [1.807, 2.05) is 37.4 Å². The van der Waals surface area contributed by atoms with Crippen molar-refractivity contribution in [2.24, 2.45) is 0 Å². The highest BCUT2D eigenvalue weighted by atomic mass is 14.9. The topological polar surface area (TPSA) is 63.8 Å². The van der Waals surface area contributed by atoms with Crippen LogP contribution in [0.1, 0.15) is 11.3 Å². The number of nitrogens with two attached hydrogens (primary N) is 1. The largest absolute Gasteiger partial charge is 0.398 e. The van der Waals surface area contributed by atoms with Gasteiger partial charge < -0.3 is 11.1 Å². The molecule has 0 amide bonds. The summed E-state index contributed by atoms with van der Waals surface area (Å²) in [5.74, 6) is 0. The quantitative estimate of drug-likeness (QED) is 0.713. The molecule has 0 aliphatic carbocycles. The zero-order valence-electron chi connectivity index (χ0n) is 11.3. The predicted octanol–water partition coefficient (Wildman–Crippen LogP) is 3.13. The Morgan fingerprint density at radius 2 is 1.90 bits per heavy atom. The normalized spacial score (nSPS) is 10.7. The molecule has 4 heteroatoms. The molecule has 0 saturated heterocycles. The van der Waals surface area contributed by atoms with Crippen LogP contribution in [0, 0.1) is 6.92 Å². The van der Waals surface area contributed by atoms with Gasteiger partial charge in [-0.1, -0.05) is 0 Å². The van der Waals surface area contributed by atoms with Crippen LogP contribution in [0.25, 0.3) is 10.8 Å². The lowest BCUT2D eigenvalue weighted by Gasteiger charge is -2.11. The molecule has 0 aliphatic heterocycles. The van der Waals surface area contributed by atoms with Crippen LogP contribution in [0.4, 0.5) is 11.4 Å². The fourth-order valence-corrected chi connectivity index (χ4v) is 2.22. The zero-order valence-corrected chi connectivity index (χ0v) is 11.3. The Balaban J connectivity index is 1.95. The molecule has 20 heavy (non-hydrogen) atoms. The summed E-state index contributed by atoms with van der Waals surface area (Å²) in [5, 5.41) is 5.53. The third-order valence-electron chi connectivity index (χ3n) is 3.30. The molecule has 0 bridgehead atoms. The highest BCUT2D eigenvalue weighted by Crippen LogP contribution is 2.28. The van der Waals surface area contributed by atoms with Gasteiger partial charge in [0.15, 0.2) is 0 Å². The zero-order chi connectivity index (χ0) is 13.9. The van der Waals surface area contributed by atoms with Crippen LogP contribution in [0.3, 0.4) is 0 Å². The van der Waals surface area contributed by atoms with Gasteiger partial charge in [-0.15, -0.1) is 0 Å². The van der Waals surface area contributed by atoms with Crippen LogP contribution < -0.4 is 11.1 Å². The molecule has 2 heterocycles. The third kappa shape index (κ3) is 2.40. The van der Waals surface area contributed by atoms with Gasteiger partial charge in [0, 0.05) is 53.0 Å². The molecule has 100 valence electrons. The molecule has 0 unspecified atom stereocenters. The molecule has 3 rings (SSSR count). The van der Waals surface area contributed by atoms with Crippen LogP contribution in [0.15, 0.2) is 48.9 Å². The number of nitrogens with zero attached hydrogens (tertiary/aromatic N) is 2. The summed E-state index contributed by atoms with van der Waals surface area (Å²) in [5.41, 5.74) is 10.00. The number of rotatable bonds is 3. The molecule has 0 radical (unpaired) electrons. The first kappa shape index (κ1) is 12.4. The highest BCUT2D eigenvalue weighted by molar-refractivity contribution is 6.00. The Kier molecular flexibility index (Phi) is 3.21. The first-order valence-corrected chi connectivity index (χ1v) is 6.51. The summed E-state index contributed by atoms with van der Waals surface area (Å²) in [6, 6.07) is 9.98. The molecular weight excluding hydrogens is 248 g/mol. The van der Waals surface area contributed by atoms with E-state index in [0.29, 0.717) is 0 Å². The van der Waals surface area contributed by atoms with Crippen LogP contribution >= 0.6 is 0 Å². The number of pyridine rings is 2. The number of aryl methyl sites for hydroxylation is 1. The van der Waals surface area contributed by atoms with Gasteiger partial charge in [0.2, 0.25) is 0 Å². The predicted molar refractivity (Wildman–Crippen MR) is 82.5 cm³/mol. The molecule has 0 fully saturated rings. The van der Waals surface area contributed by atoms with Crippen molar-refractivity contribution in [3.05, 3.63) is 60.2 Å². The average Bonchev–Trinajstić information content (AvgIpc) is 2.47. The Morgan fingerprint density at radius 3 is 2.70 bits per heavy atom. The van der Waals surface area contributed by atoms with Gasteiger partial charge in [0.1, 0.15) is 0 Å². The van der Waals surface area contributed by atoms with Gasteiger partial charge >= 0.3 is 0 Å². The summed E-state index contributed by atoms with van der Waals surface area (Å²) < 4.78 is 0. The number of anilines is 2. The third-order valence-corrected chi connectivity index (χ3v) is 3.30. The summed E-state index contributed by atoms with van der Waals surface area (Å²) in [6.45, 7) is 2.73. The van der Waals surface area contributed by atoms with E-state index in [0.717, 1.165) is 34.4 Å². The molecule has 4 nitrogen and oxygen atoms in total. The van der Waals surface area contributed by atoms with E-state index in [4.69, 9.17) is 5.73 Å². The second-order valence-electron chi connectivity index (χ2n) is 4.78. The number of hydrogen-bond acceptors (Lipinski definition) is 4. The van der Waals surface area contributed by atoms with Gasteiger partial charge in [0.25, 0.3) is 0 Å². The number of nitrogens with one attached hydrogen (secondary N) is 1. The van der Waals surface area contributed by atoms with Gasteiger partial charge in [-0.2, -0.15) is 0 Å². The van der Waals surface area contributed by atoms with Crippen molar-refractivity contribution >= 4 is 22.1 Å². The molecule has 3 aromatic rings. The minimum absolute atomic E-state index is 0.752. The minimum Gasteiger partial charge on any atom is -0.398 e.